The van der Waals surface area contributed by atoms with E-state index in [1.165, 1.54) is 27.5 Å². The highest BCUT2D eigenvalue weighted by Crippen LogP contribution is 2.30. The molecule has 1 N–H and O–H groups in total. The number of aliphatic hydroxyl groups excluding tert-OH is 1. The standard InChI is InChI=1S/C23H29IN2O/c24-21-8-4-5-18(15-21)16-25-12-11-23(27)22(17-25)26-13-9-20(10-14-26)19-6-2-1-3-7-19/h1-8,15,20,22-23,27H,9-14,16-17H2/t22-,23-/m1/s1/i24-2. The highest BCUT2D eigenvalue weighted by Gasteiger charge is 2.34. The Morgan fingerprint density at radius 2 is 1.70 bits per heavy atom. The van der Waals surface area contributed by atoms with Crippen molar-refractivity contribution in [3.63, 3.8) is 0 Å². The molecule has 2 atom stereocenters. The number of hydrogen-bond acceptors (Lipinski definition) is 3. The predicted molar refractivity (Wildman–Crippen MR) is 119 cm³/mol. The zero-order valence-electron chi connectivity index (χ0n) is 15.8. The maximum Gasteiger partial charge on any atom is 0.0720 e. The topological polar surface area (TPSA) is 26.7 Å². The van der Waals surface area contributed by atoms with E-state index in [0.29, 0.717) is 5.92 Å². The lowest BCUT2D eigenvalue weighted by Crippen LogP contribution is -2.56. The fourth-order valence-corrected chi connectivity index (χ4v) is 5.28. The molecule has 0 bridgehead atoms. The summed E-state index contributed by atoms with van der Waals surface area (Å²) in [6.45, 7) is 5.14. The monoisotopic (exact) mass is 474 g/mol. The molecule has 4 heteroatoms. The second-order valence-corrected chi connectivity index (χ2v) is 9.25. The average Bonchev–Trinajstić information content (AvgIpc) is 2.70. The van der Waals surface area contributed by atoms with E-state index in [1.54, 1.807) is 0 Å². The van der Waals surface area contributed by atoms with Crippen LogP contribution in [0.3, 0.4) is 0 Å². The maximum atomic E-state index is 10.7. The van der Waals surface area contributed by atoms with E-state index in [1.807, 2.05) is 0 Å². The van der Waals surface area contributed by atoms with Crippen LogP contribution in [0.2, 0.25) is 0 Å². The minimum absolute atomic E-state index is 0.189. The summed E-state index contributed by atoms with van der Waals surface area (Å²) in [7, 11) is 0. The van der Waals surface area contributed by atoms with Gasteiger partial charge in [0.1, 0.15) is 0 Å². The Morgan fingerprint density at radius 1 is 0.926 bits per heavy atom. The number of likely N-dealkylation sites (tertiary alicyclic amines) is 2. The summed E-state index contributed by atoms with van der Waals surface area (Å²) in [5.41, 5.74) is 2.85. The summed E-state index contributed by atoms with van der Waals surface area (Å²) >= 11 is 2.38. The van der Waals surface area contributed by atoms with E-state index in [-0.39, 0.29) is 12.1 Å². The first-order valence-electron chi connectivity index (χ1n) is 10.1. The highest BCUT2D eigenvalue weighted by atomic mass is 125. The van der Waals surface area contributed by atoms with Crippen molar-refractivity contribution < 1.29 is 5.11 Å². The van der Waals surface area contributed by atoms with E-state index >= 15 is 0 Å². The largest absolute Gasteiger partial charge is 0.391 e. The van der Waals surface area contributed by atoms with Gasteiger partial charge in [-0.25, -0.2) is 0 Å². The van der Waals surface area contributed by atoms with Gasteiger partial charge in [-0.05, 0) is 84.1 Å². The Morgan fingerprint density at radius 3 is 2.44 bits per heavy atom. The molecule has 2 heterocycles. The van der Waals surface area contributed by atoms with Gasteiger partial charge >= 0.3 is 0 Å². The number of aliphatic hydroxyl groups is 1. The molecule has 144 valence electrons. The zero-order chi connectivity index (χ0) is 18.6. The fourth-order valence-electron chi connectivity index (χ4n) is 4.67. The highest BCUT2D eigenvalue weighted by molar-refractivity contribution is 14.1. The van der Waals surface area contributed by atoms with Crippen molar-refractivity contribution in [2.45, 2.75) is 43.9 Å². The fraction of sp³-hybridized carbons (Fsp3) is 0.478. The van der Waals surface area contributed by atoms with Gasteiger partial charge in [0.15, 0.2) is 0 Å². The Kier molecular flexibility index (Phi) is 6.48. The second-order valence-electron chi connectivity index (χ2n) is 8.01. The van der Waals surface area contributed by atoms with Gasteiger partial charge in [0.2, 0.25) is 0 Å². The molecule has 2 aromatic carbocycles. The molecule has 4 rings (SSSR count). The van der Waals surface area contributed by atoms with Crippen molar-refractivity contribution in [1.29, 1.82) is 0 Å². The molecule has 0 unspecified atom stereocenters. The van der Waals surface area contributed by atoms with Gasteiger partial charge in [-0.1, -0.05) is 42.5 Å². The number of benzene rings is 2. The van der Waals surface area contributed by atoms with E-state index in [9.17, 15) is 5.11 Å². The van der Waals surface area contributed by atoms with E-state index in [0.717, 1.165) is 39.1 Å². The van der Waals surface area contributed by atoms with Gasteiger partial charge < -0.3 is 5.11 Å². The van der Waals surface area contributed by atoms with Crippen molar-refractivity contribution in [1.82, 2.24) is 9.80 Å². The Bertz CT molecular complexity index is 730. The number of nitrogens with zero attached hydrogens (tertiary/aromatic N) is 2. The predicted octanol–water partition coefficient (Wildman–Crippen LogP) is 4.11. The summed E-state index contributed by atoms with van der Waals surface area (Å²) in [5, 5.41) is 10.7. The van der Waals surface area contributed by atoms with E-state index in [4.69, 9.17) is 0 Å². The number of piperidine rings is 2. The van der Waals surface area contributed by atoms with Crippen molar-refractivity contribution in [2.75, 3.05) is 26.2 Å². The molecule has 2 aromatic rings. The van der Waals surface area contributed by atoms with Gasteiger partial charge in [0.25, 0.3) is 0 Å². The lowest BCUT2D eigenvalue weighted by atomic mass is 9.88. The van der Waals surface area contributed by atoms with Crippen LogP contribution in [0, 0.1) is 3.57 Å². The molecule has 2 aliphatic rings. The van der Waals surface area contributed by atoms with Gasteiger partial charge in [0.05, 0.1) is 6.10 Å². The Labute approximate surface area is 176 Å². The summed E-state index contributed by atoms with van der Waals surface area (Å²) in [6, 6.07) is 20.0. The minimum Gasteiger partial charge on any atom is -0.391 e. The molecule has 0 saturated carbocycles. The second kappa shape index (κ2) is 9.03. The summed E-state index contributed by atoms with van der Waals surface area (Å²) < 4.78 is 1.29. The molecule has 2 aliphatic heterocycles. The van der Waals surface area contributed by atoms with Crippen molar-refractivity contribution in [2.24, 2.45) is 0 Å². The normalized spacial score (nSPS) is 25.6. The van der Waals surface area contributed by atoms with Crippen LogP contribution in [0.15, 0.2) is 54.6 Å². The van der Waals surface area contributed by atoms with Crippen LogP contribution < -0.4 is 0 Å². The first-order valence-corrected chi connectivity index (χ1v) is 11.2. The zero-order valence-corrected chi connectivity index (χ0v) is 18.0. The quantitative estimate of drug-likeness (QED) is 0.676. The lowest BCUT2D eigenvalue weighted by molar-refractivity contribution is -0.0222. The molecule has 3 nitrogen and oxygen atoms in total. The average molecular weight is 474 g/mol. The van der Waals surface area contributed by atoms with Crippen LogP contribution in [-0.4, -0.2) is 53.2 Å². The van der Waals surface area contributed by atoms with Crippen LogP contribution >= 0.6 is 22.6 Å². The van der Waals surface area contributed by atoms with Crippen molar-refractivity contribution in [3.8, 4) is 0 Å². The van der Waals surface area contributed by atoms with E-state index in [2.05, 4.69) is 87.0 Å². The van der Waals surface area contributed by atoms with Gasteiger partial charge in [-0.15, -0.1) is 0 Å². The lowest BCUT2D eigenvalue weighted by Gasteiger charge is -2.45. The summed E-state index contributed by atoms with van der Waals surface area (Å²) in [6.07, 6.45) is 3.09. The first-order chi connectivity index (χ1) is 13.2. The first kappa shape index (κ1) is 19.4. The number of hydrogen-bond donors (Lipinski definition) is 1. The molecular formula is C23H29IN2O. The molecule has 0 aromatic heterocycles. The molecular weight excluding hydrogens is 445 g/mol. The Hall–Kier alpha value is -0.950. The number of halogens is 1. The smallest absolute Gasteiger partial charge is 0.0720 e. The third-order valence-corrected chi connectivity index (χ3v) is 6.87. The molecule has 0 amide bonds. The third-order valence-electron chi connectivity index (χ3n) is 6.20. The van der Waals surface area contributed by atoms with Gasteiger partial charge in [0, 0.05) is 29.2 Å². The van der Waals surface area contributed by atoms with Crippen molar-refractivity contribution >= 4 is 22.6 Å². The molecule has 0 spiro atoms. The third kappa shape index (κ3) is 4.91. The van der Waals surface area contributed by atoms with Crippen LogP contribution in [0.25, 0.3) is 0 Å². The molecule has 0 aliphatic carbocycles. The van der Waals surface area contributed by atoms with Crippen LogP contribution in [0.4, 0.5) is 0 Å². The maximum absolute atomic E-state index is 10.7. The van der Waals surface area contributed by atoms with Gasteiger partial charge in [-0.2, -0.15) is 0 Å². The minimum atomic E-state index is -0.189. The molecule has 0 radical (unpaired) electrons. The molecule has 27 heavy (non-hydrogen) atoms. The number of rotatable bonds is 4. The SMILES string of the molecule is O[C@@H]1CCN(Cc2cccc([125I])c2)C[C@H]1N1CCC(c2ccccc2)CC1. The van der Waals surface area contributed by atoms with Gasteiger partial charge in [-0.3, -0.25) is 9.80 Å². The molecule has 2 saturated heterocycles. The van der Waals surface area contributed by atoms with Crippen LogP contribution in [-0.2, 0) is 6.54 Å². The van der Waals surface area contributed by atoms with Crippen molar-refractivity contribution in [3.05, 3.63) is 69.3 Å². The summed E-state index contributed by atoms with van der Waals surface area (Å²) in [4.78, 5) is 5.07. The van der Waals surface area contributed by atoms with Crippen LogP contribution in [0.5, 0.6) is 0 Å². The Balaban J connectivity index is 1.35. The van der Waals surface area contributed by atoms with Crippen LogP contribution in [0.1, 0.15) is 36.3 Å². The molecule has 2 fully saturated rings. The van der Waals surface area contributed by atoms with E-state index < -0.39 is 0 Å². The summed E-state index contributed by atoms with van der Waals surface area (Å²) in [5.74, 6) is 0.672.